The van der Waals surface area contributed by atoms with Crippen molar-refractivity contribution in [2.45, 2.75) is 19.4 Å². The summed E-state index contributed by atoms with van der Waals surface area (Å²) in [5.41, 5.74) is 3.91. The molecule has 2 rings (SSSR count). The van der Waals surface area contributed by atoms with Gasteiger partial charge >= 0.3 is 0 Å². The van der Waals surface area contributed by atoms with Gasteiger partial charge in [-0.3, -0.25) is 0 Å². The number of halogens is 1. The molecule has 0 saturated carbocycles. The van der Waals surface area contributed by atoms with E-state index >= 15 is 0 Å². The Balaban J connectivity index is 2.02. The van der Waals surface area contributed by atoms with E-state index in [-0.39, 0.29) is 0 Å². The first-order valence-electron chi connectivity index (χ1n) is 7.33. The van der Waals surface area contributed by atoms with Crippen LogP contribution < -0.4 is 10.2 Å². The standard InChI is InChI=1S/C18H23BrN2/c1-14(20-2)17-10-9-16(13-18(17)19)21(3)12-11-15-7-5-4-6-8-15/h4-10,13-14,20H,11-12H2,1-3H3. The van der Waals surface area contributed by atoms with Gasteiger partial charge in [-0.15, -0.1) is 0 Å². The van der Waals surface area contributed by atoms with Crippen LogP contribution in [-0.2, 0) is 6.42 Å². The van der Waals surface area contributed by atoms with Crippen molar-refractivity contribution in [2.75, 3.05) is 25.5 Å². The number of likely N-dealkylation sites (N-methyl/N-ethyl adjacent to an activating group) is 1. The molecule has 0 bridgehead atoms. The summed E-state index contributed by atoms with van der Waals surface area (Å²) >= 11 is 3.69. The summed E-state index contributed by atoms with van der Waals surface area (Å²) in [6.45, 7) is 3.18. The number of hydrogen-bond acceptors (Lipinski definition) is 2. The van der Waals surface area contributed by atoms with Gasteiger partial charge in [0.15, 0.2) is 0 Å². The van der Waals surface area contributed by atoms with E-state index in [1.54, 1.807) is 0 Å². The zero-order valence-electron chi connectivity index (χ0n) is 12.9. The fraction of sp³-hybridized carbons (Fsp3) is 0.333. The molecular formula is C18H23BrN2. The number of benzene rings is 2. The van der Waals surface area contributed by atoms with Gasteiger partial charge in [-0.2, -0.15) is 0 Å². The molecule has 0 aromatic heterocycles. The maximum Gasteiger partial charge on any atom is 0.0375 e. The van der Waals surface area contributed by atoms with Crippen LogP contribution in [0, 0.1) is 0 Å². The quantitative estimate of drug-likeness (QED) is 0.833. The predicted molar refractivity (Wildman–Crippen MR) is 95.0 cm³/mol. The fourth-order valence-corrected chi connectivity index (χ4v) is 3.04. The second-order valence-corrected chi connectivity index (χ2v) is 6.23. The first-order chi connectivity index (χ1) is 10.1. The van der Waals surface area contributed by atoms with Crippen LogP contribution in [0.25, 0.3) is 0 Å². The van der Waals surface area contributed by atoms with E-state index < -0.39 is 0 Å². The smallest absolute Gasteiger partial charge is 0.0375 e. The Kier molecular flexibility index (Phi) is 5.83. The summed E-state index contributed by atoms with van der Waals surface area (Å²) in [7, 11) is 4.13. The van der Waals surface area contributed by atoms with Crippen molar-refractivity contribution in [1.82, 2.24) is 5.32 Å². The van der Waals surface area contributed by atoms with Gasteiger partial charge in [0.2, 0.25) is 0 Å². The van der Waals surface area contributed by atoms with Crippen LogP contribution >= 0.6 is 15.9 Å². The summed E-state index contributed by atoms with van der Waals surface area (Å²) in [5, 5.41) is 3.27. The van der Waals surface area contributed by atoms with Crippen LogP contribution in [0.3, 0.4) is 0 Å². The van der Waals surface area contributed by atoms with Crippen molar-refractivity contribution >= 4 is 21.6 Å². The number of hydrogen-bond donors (Lipinski definition) is 1. The lowest BCUT2D eigenvalue weighted by atomic mass is 10.1. The molecular weight excluding hydrogens is 324 g/mol. The number of rotatable bonds is 6. The van der Waals surface area contributed by atoms with E-state index in [2.05, 4.69) is 88.6 Å². The lowest BCUT2D eigenvalue weighted by molar-refractivity contribution is 0.649. The van der Waals surface area contributed by atoms with Gasteiger partial charge in [0, 0.05) is 29.8 Å². The molecule has 1 N–H and O–H groups in total. The lowest BCUT2D eigenvalue weighted by Gasteiger charge is -2.21. The van der Waals surface area contributed by atoms with Crippen LogP contribution in [0.5, 0.6) is 0 Å². The zero-order chi connectivity index (χ0) is 15.2. The number of nitrogens with zero attached hydrogens (tertiary/aromatic N) is 1. The average Bonchev–Trinajstić information content (AvgIpc) is 2.52. The fourth-order valence-electron chi connectivity index (χ4n) is 2.33. The molecule has 0 radical (unpaired) electrons. The van der Waals surface area contributed by atoms with E-state index in [0.29, 0.717) is 6.04 Å². The van der Waals surface area contributed by atoms with Crippen molar-refractivity contribution < 1.29 is 0 Å². The minimum absolute atomic E-state index is 0.350. The van der Waals surface area contributed by atoms with Gasteiger partial charge in [-0.1, -0.05) is 52.3 Å². The van der Waals surface area contributed by atoms with E-state index in [1.807, 2.05) is 7.05 Å². The third-order valence-corrected chi connectivity index (χ3v) is 4.59. The second-order valence-electron chi connectivity index (χ2n) is 5.37. The third-order valence-electron chi connectivity index (χ3n) is 3.90. The van der Waals surface area contributed by atoms with Gasteiger partial charge in [0.05, 0.1) is 0 Å². The normalized spacial score (nSPS) is 12.2. The minimum atomic E-state index is 0.350. The van der Waals surface area contributed by atoms with Crippen molar-refractivity contribution in [3.8, 4) is 0 Å². The highest BCUT2D eigenvalue weighted by atomic mass is 79.9. The van der Waals surface area contributed by atoms with Gasteiger partial charge in [-0.05, 0) is 43.7 Å². The molecule has 0 fully saturated rings. The molecule has 0 spiro atoms. The molecule has 3 heteroatoms. The Morgan fingerprint density at radius 1 is 1.14 bits per heavy atom. The van der Waals surface area contributed by atoms with E-state index in [4.69, 9.17) is 0 Å². The molecule has 2 aromatic rings. The van der Waals surface area contributed by atoms with Gasteiger partial charge < -0.3 is 10.2 Å². The van der Waals surface area contributed by atoms with Crippen LogP contribution in [-0.4, -0.2) is 20.6 Å². The van der Waals surface area contributed by atoms with Crippen LogP contribution in [0.2, 0.25) is 0 Å². The van der Waals surface area contributed by atoms with Crippen LogP contribution in [0.15, 0.2) is 53.0 Å². The summed E-state index contributed by atoms with van der Waals surface area (Å²) in [5.74, 6) is 0. The summed E-state index contributed by atoms with van der Waals surface area (Å²) in [6.07, 6.45) is 1.06. The third kappa shape index (κ3) is 4.32. The Morgan fingerprint density at radius 3 is 2.48 bits per heavy atom. The predicted octanol–water partition coefficient (Wildman–Crippen LogP) is 4.41. The van der Waals surface area contributed by atoms with Gasteiger partial charge in [0.1, 0.15) is 0 Å². The topological polar surface area (TPSA) is 15.3 Å². The molecule has 0 amide bonds. The maximum absolute atomic E-state index is 3.69. The summed E-state index contributed by atoms with van der Waals surface area (Å²) < 4.78 is 1.16. The second kappa shape index (κ2) is 7.62. The number of nitrogens with one attached hydrogen (secondary N) is 1. The molecule has 21 heavy (non-hydrogen) atoms. The zero-order valence-corrected chi connectivity index (χ0v) is 14.5. The Bertz CT molecular complexity index is 569. The van der Waals surface area contributed by atoms with Gasteiger partial charge in [-0.25, -0.2) is 0 Å². The van der Waals surface area contributed by atoms with Crippen LogP contribution in [0.4, 0.5) is 5.69 Å². The molecule has 0 aliphatic carbocycles. The summed E-state index contributed by atoms with van der Waals surface area (Å²) in [6, 6.07) is 17.6. The Hall–Kier alpha value is -1.32. The SMILES string of the molecule is CNC(C)c1ccc(N(C)CCc2ccccc2)cc1Br. The number of anilines is 1. The molecule has 2 nitrogen and oxygen atoms in total. The highest BCUT2D eigenvalue weighted by Crippen LogP contribution is 2.27. The highest BCUT2D eigenvalue weighted by Gasteiger charge is 2.09. The maximum atomic E-state index is 3.69. The molecule has 1 atom stereocenters. The molecule has 1 unspecified atom stereocenters. The Morgan fingerprint density at radius 2 is 1.86 bits per heavy atom. The monoisotopic (exact) mass is 346 g/mol. The van der Waals surface area contributed by atoms with Crippen molar-refractivity contribution in [3.63, 3.8) is 0 Å². The summed E-state index contributed by atoms with van der Waals surface area (Å²) in [4.78, 5) is 2.30. The molecule has 112 valence electrons. The first-order valence-corrected chi connectivity index (χ1v) is 8.13. The molecule has 0 aliphatic heterocycles. The Labute approximate surface area is 136 Å². The van der Waals surface area contributed by atoms with E-state index in [1.165, 1.54) is 16.8 Å². The van der Waals surface area contributed by atoms with Crippen molar-refractivity contribution in [3.05, 3.63) is 64.1 Å². The first kappa shape index (κ1) is 16.1. The highest BCUT2D eigenvalue weighted by molar-refractivity contribution is 9.10. The van der Waals surface area contributed by atoms with Gasteiger partial charge in [0.25, 0.3) is 0 Å². The van der Waals surface area contributed by atoms with Crippen molar-refractivity contribution in [2.24, 2.45) is 0 Å². The molecule has 0 aliphatic rings. The van der Waals surface area contributed by atoms with E-state index in [0.717, 1.165) is 17.4 Å². The lowest BCUT2D eigenvalue weighted by Crippen LogP contribution is -2.20. The molecule has 2 aromatic carbocycles. The van der Waals surface area contributed by atoms with E-state index in [9.17, 15) is 0 Å². The largest absolute Gasteiger partial charge is 0.374 e. The van der Waals surface area contributed by atoms with Crippen molar-refractivity contribution in [1.29, 1.82) is 0 Å². The molecule has 0 heterocycles. The van der Waals surface area contributed by atoms with Crippen LogP contribution in [0.1, 0.15) is 24.1 Å². The minimum Gasteiger partial charge on any atom is -0.374 e. The molecule has 0 saturated heterocycles. The average molecular weight is 347 g/mol.